The van der Waals surface area contributed by atoms with Gasteiger partial charge in [-0.2, -0.15) is 0 Å². The molecule has 1 fully saturated rings. The molecular formula is C24H32N6O3. The minimum absolute atomic E-state index is 0.290. The topological polar surface area (TPSA) is 94.2 Å². The monoisotopic (exact) mass is 452 g/mol. The first-order valence-corrected chi connectivity index (χ1v) is 11.4. The summed E-state index contributed by atoms with van der Waals surface area (Å²) in [6.07, 6.45) is 2.77. The molecule has 0 radical (unpaired) electrons. The van der Waals surface area contributed by atoms with Gasteiger partial charge in [-0.05, 0) is 29.4 Å². The van der Waals surface area contributed by atoms with E-state index >= 15 is 0 Å². The van der Waals surface area contributed by atoms with Crippen LogP contribution >= 0.6 is 0 Å². The van der Waals surface area contributed by atoms with Gasteiger partial charge in [-0.3, -0.25) is 19.1 Å². The van der Waals surface area contributed by atoms with Crippen molar-refractivity contribution in [2.24, 2.45) is 25.9 Å². The van der Waals surface area contributed by atoms with Gasteiger partial charge in [0.1, 0.15) is 6.54 Å². The molecule has 1 N–H and O–H groups in total. The number of aryl methyl sites for hydroxylation is 2. The number of imidazole rings is 1. The lowest BCUT2D eigenvalue weighted by Crippen LogP contribution is -2.43. The van der Waals surface area contributed by atoms with E-state index in [4.69, 9.17) is 0 Å². The second-order valence-electron chi connectivity index (χ2n) is 9.49. The van der Waals surface area contributed by atoms with Crippen molar-refractivity contribution in [1.82, 2.24) is 28.9 Å². The fourth-order valence-electron chi connectivity index (χ4n) is 4.88. The van der Waals surface area contributed by atoms with E-state index in [1.54, 1.807) is 11.6 Å². The zero-order valence-electron chi connectivity index (χ0n) is 19.7. The van der Waals surface area contributed by atoms with Crippen LogP contribution in [0.15, 0.2) is 40.2 Å². The Balaban J connectivity index is 1.37. The average Bonchev–Trinajstić information content (AvgIpc) is 3.16. The molecule has 9 heteroatoms. The van der Waals surface area contributed by atoms with E-state index in [1.807, 2.05) is 12.1 Å². The predicted octanol–water partition coefficient (Wildman–Crippen LogP) is 1.23. The molecule has 0 aliphatic carbocycles. The minimum atomic E-state index is -0.563. The molecule has 0 saturated carbocycles. The Hall–Kier alpha value is -3.20. The lowest BCUT2D eigenvalue weighted by Gasteiger charge is -2.35. The molecule has 3 aromatic rings. The van der Waals surface area contributed by atoms with Crippen LogP contribution in [0.5, 0.6) is 0 Å². The first-order chi connectivity index (χ1) is 15.7. The Labute approximate surface area is 192 Å². The van der Waals surface area contributed by atoms with Crippen molar-refractivity contribution in [3.05, 3.63) is 62.6 Å². The van der Waals surface area contributed by atoms with Crippen LogP contribution in [0.2, 0.25) is 0 Å². The van der Waals surface area contributed by atoms with Gasteiger partial charge in [0.25, 0.3) is 5.56 Å². The number of aromatic nitrogens is 4. The summed E-state index contributed by atoms with van der Waals surface area (Å²) in [6, 6.07) is 8.22. The third-order valence-electron chi connectivity index (χ3n) is 6.37. The predicted molar refractivity (Wildman–Crippen MR) is 127 cm³/mol. The van der Waals surface area contributed by atoms with Crippen molar-refractivity contribution in [3.8, 4) is 0 Å². The molecule has 2 atom stereocenters. The fraction of sp³-hybridized carbons (Fsp3) is 0.500. The van der Waals surface area contributed by atoms with Crippen LogP contribution in [0, 0.1) is 11.8 Å². The molecule has 0 bridgehead atoms. The molecule has 1 aliphatic heterocycles. The van der Waals surface area contributed by atoms with E-state index in [-0.39, 0.29) is 12.1 Å². The van der Waals surface area contributed by atoms with Crippen molar-refractivity contribution < 1.29 is 4.79 Å². The molecule has 0 spiro atoms. The summed E-state index contributed by atoms with van der Waals surface area (Å²) in [5.41, 5.74) is 1.73. The van der Waals surface area contributed by atoms with E-state index in [1.165, 1.54) is 29.9 Å². The maximum atomic E-state index is 12.7. The number of rotatable bonds is 6. The highest BCUT2D eigenvalue weighted by Gasteiger charge is 2.21. The summed E-state index contributed by atoms with van der Waals surface area (Å²) in [7, 11) is 3.22. The zero-order chi connectivity index (χ0) is 23.7. The number of hydrogen-bond donors (Lipinski definition) is 1. The molecule has 3 heterocycles. The van der Waals surface area contributed by atoms with Crippen molar-refractivity contribution in [2.45, 2.75) is 39.9 Å². The molecule has 33 heavy (non-hydrogen) atoms. The van der Waals surface area contributed by atoms with Crippen LogP contribution in [-0.4, -0.2) is 42.6 Å². The number of hydrogen-bond acceptors (Lipinski definition) is 5. The second kappa shape index (κ2) is 9.35. The van der Waals surface area contributed by atoms with Crippen LogP contribution in [0.25, 0.3) is 11.2 Å². The van der Waals surface area contributed by atoms with E-state index in [2.05, 4.69) is 41.2 Å². The molecule has 1 aromatic carbocycles. The SMILES string of the molecule is CC1CC(C)CN(Cc2ccc(CNC(=O)Cn3c(=O)c4c(ncn4C)n(C)c3=O)cc2)C1. The first kappa shape index (κ1) is 23.0. The molecule has 9 nitrogen and oxygen atoms in total. The molecule has 2 unspecified atom stereocenters. The maximum absolute atomic E-state index is 12.7. The fourth-order valence-corrected chi connectivity index (χ4v) is 4.88. The highest BCUT2D eigenvalue weighted by atomic mass is 16.2. The van der Waals surface area contributed by atoms with Crippen LogP contribution in [0.3, 0.4) is 0 Å². The standard InChI is InChI=1S/C24H32N6O3/c1-16-9-17(2)12-29(11-16)13-19-7-5-18(6-8-19)10-25-20(31)14-30-23(32)21-22(26-15-27(21)3)28(4)24(30)33/h5-8,15-17H,9-14H2,1-4H3,(H,25,31). The second-order valence-corrected chi connectivity index (χ2v) is 9.49. The zero-order valence-corrected chi connectivity index (χ0v) is 19.7. The smallest absolute Gasteiger partial charge is 0.332 e. The highest BCUT2D eigenvalue weighted by molar-refractivity contribution is 5.76. The van der Waals surface area contributed by atoms with Crippen molar-refractivity contribution in [3.63, 3.8) is 0 Å². The lowest BCUT2D eigenvalue weighted by atomic mass is 9.91. The molecule has 1 aliphatic rings. The normalized spacial score (nSPS) is 19.2. The lowest BCUT2D eigenvalue weighted by molar-refractivity contribution is -0.121. The molecular weight excluding hydrogens is 420 g/mol. The first-order valence-electron chi connectivity index (χ1n) is 11.4. The average molecular weight is 453 g/mol. The summed E-state index contributed by atoms with van der Waals surface area (Å²) in [5.74, 6) is 1.06. The largest absolute Gasteiger partial charge is 0.350 e. The van der Waals surface area contributed by atoms with Gasteiger partial charge in [-0.15, -0.1) is 0 Å². The van der Waals surface area contributed by atoms with Crippen LogP contribution in [0.4, 0.5) is 0 Å². The maximum Gasteiger partial charge on any atom is 0.332 e. The van der Waals surface area contributed by atoms with Gasteiger partial charge in [-0.25, -0.2) is 14.3 Å². The summed E-state index contributed by atoms with van der Waals surface area (Å²) < 4.78 is 3.79. The molecule has 176 valence electrons. The molecule has 1 saturated heterocycles. The van der Waals surface area contributed by atoms with Crippen molar-refractivity contribution >= 4 is 17.1 Å². The minimum Gasteiger partial charge on any atom is -0.350 e. The Morgan fingerprint density at radius 1 is 1.06 bits per heavy atom. The Kier molecular flexibility index (Phi) is 6.51. The number of nitrogens with zero attached hydrogens (tertiary/aromatic N) is 5. The van der Waals surface area contributed by atoms with Gasteiger partial charge in [0.15, 0.2) is 11.2 Å². The van der Waals surface area contributed by atoms with Crippen LogP contribution < -0.4 is 16.6 Å². The molecule has 4 rings (SSSR count). The van der Waals surface area contributed by atoms with Gasteiger partial charge in [0.05, 0.1) is 6.33 Å². The Morgan fingerprint density at radius 3 is 2.36 bits per heavy atom. The number of benzene rings is 1. The Bertz CT molecular complexity index is 1260. The molecule has 1 amide bonds. The summed E-state index contributed by atoms with van der Waals surface area (Å²) in [6.45, 7) is 7.82. The van der Waals surface area contributed by atoms with Gasteiger partial charge >= 0.3 is 5.69 Å². The van der Waals surface area contributed by atoms with Gasteiger partial charge < -0.3 is 9.88 Å². The number of fused-ring (bicyclic) bond motifs is 1. The third kappa shape index (κ3) is 4.93. The van der Waals surface area contributed by atoms with E-state index in [9.17, 15) is 14.4 Å². The van der Waals surface area contributed by atoms with Crippen LogP contribution in [-0.2, 0) is 38.5 Å². The summed E-state index contributed by atoms with van der Waals surface area (Å²) in [4.78, 5) is 44.4. The number of nitrogens with one attached hydrogen (secondary N) is 1. The summed E-state index contributed by atoms with van der Waals surface area (Å²) >= 11 is 0. The van der Waals surface area contributed by atoms with Gasteiger partial charge in [0.2, 0.25) is 5.91 Å². The number of carbonyl (C=O) groups is 1. The van der Waals surface area contributed by atoms with E-state index < -0.39 is 17.2 Å². The van der Waals surface area contributed by atoms with Crippen molar-refractivity contribution in [1.29, 1.82) is 0 Å². The molecule has 2 aromatic heterocycles. The summed E-state index contributed by atoms with van der Waals surface area (Å²) in [5, 5.41) is 2.81. The van der Waals surface area contributed by atoms with Gasteiger partial charge in [0, 0.05) is 40.3 Å². The quantitative estimate of drug-likeness (QED) is 0.607. The number of amides is 1. The number of likely N-dealkylation sites (tertiary alicyclic amines) is 1. The Morgan fingerprint density at radius 2 is 1.70 bits per heavy atom. The van der Waals surface area contributed by atoms with Gasteiger partial charge in [-0.1, -0.05) is 38.1 Å². The number of carbonyl (C=O) groups excluding carboxylic acids is 1. The highest BCUT2D eigenvalue weighted by Crippen LogP contribution is 2.22. The van der Waals surface area contributed by atoms with E-state index in [0.717, 1.165) is 41.6 Å². The van der Waals surface area contributed by atoms with Crippen LogP contribution in [0.1, 0.15) is 31.4 Å². The van der Waals surface area contributed by atoms with Crippen molar-refractivity contribution in [2.75, 3.05) is 13.1 Å². The third-order valence-corrected chi connectivity index (χ3v) is 6.37. The van der Waals surface area contributed by atoms with E-state index in [0.29, 0.717) is 12.2 Å². The number of piperidine rings is 1.